The van der Waals surface area contributed by atoms with Crippen molar-refractivity contribution in [1.29, 1.82) is 0 Å². The van der Waals surface area contributed by atoms with Crippen LogP contribution in [-0.2, 0) is 0 Å². The molecule has 0 aliphatic rings. The molecular weight excluding hydrogens is 300 g/mol. The molecule has 1 aromatic heterocycles. The van der Waals surface area contributed by atoms with Crippen LogP contribution in [0.4, 0.5) is 0 Å². The first-order valence-corrected chi connectivity index (χ1v) is 6.75. The van der Waals surface area contributed by atoms with Gasteiger partial charge in [0.15, 0.2) is 23.0 Å². The summed E-state index contributed by atoms with van der Waals surface area (Å²) in [6.45, 7) is 0. The van der Waals surface area contributed by atoms with Gasteiger partial charge in [0.05, 0.1) is 25.2 Å². The van der Waals surface area contributed by atoms with Crippen LogP contribution in [0.3, 0.4) is 0 Å². The Kier molecular flexibility index (Phi) is 3.57. The van der Waals surface area contributed by atoms with Crippen LogP contribution in [0.25, 0.3) is 22.1 Å². The van der Waals surface area contributed by atoms with E-state index in [0.29, 0.717) is 11.1 Å². The van der Waals surface area contributed by atoms with E-state index in [1.165, 1.54) is 38.7 Å². The molecule has 2 N–H and O–H groups in total. The zero-order valence-electron chi connectivity index (χ0n) is 12.5. The summed E-state index contributed by atoms with van der Waals surface area (Å²) in [6.07, 6.45) is 1.31. The average Bonchev–Trinajstić information content (AvgIpc) is 2.55. The Balaban J connectivity index is 2.25. The van der Waals surface area contributed by atoms with Gasteiger partial charge in [-0.25, -0.2) is 0 Å². The first kappa shape index (κ1) is 14.8. The molecule has 3 rings (SSSR count). The SMILES string of the molecule is COc1cc(-c2coc3cc(O)c(OC)cc3c2=O)ccc1O. The summed E-state index contributed by atoms with van der Waals surface area (Å²) in [5.74, 6) is 0.311. The minimum atomic E-state index is -0.280. The van der Waals surface area contributed by atoms with Gasteiger partial charge in [-0.3, -0.25) is 4.79 Å². The fourth-order valence-electron chi connectivity index (χ4n) is 2.35. The van der Waals surface area contributed by atoms with Gasteiger partial charge < -0.3 is 24.1 Å². The van der Waals surface area contributed by atoms with Crippen molar-refractivity contribution in [2.24, 2.45) is 0 Å². The maximum atomic E-state index is 12.7. The number of phenolic OH excluding ortho intramolecular Hbond substituents is 2. The zero-order valence-corrected chi connectivity index (χ0v) is 12.5. The minimum absolute atomic E-state index is 0.0204. The van der Waals surface area contributed by atoms with Crippen LogP contribution in [0.1, 0.15) is 0 Å². The minimum Gasteiger partial charge on any atom is -0.504 e. The predicted octanol–water partition coefficient (Wildman–Crippen LogP) is 2.89. The first-order chi connectivity index (χ1) is 11.0. The number of ether oxygens (including phenoxy) is 2. The lowest BCUT2D eigenvalue weighted by Gasteiger charge is -2.08. The number of hydrogen-bond donors (Lipinski definition) is 2. The molecule has 0 spiro atoms. The summed E-state index contributed by atoms with van der Waals surface area (Å²) < 4.78 is 15.5. The van der Waals surface area contributed by atoms with Gasteiger partial charge in [-0.1, -0.05) is 6.07 Å². The van der Waals surface area contributed by atoms with Crippen molar-refractivity contribution < 1.29 is 24.1 Å². The van der Waals surface area contributed by atoms with Gasteiger partial charge in [0.2, 0.25) is 5.43 Å². The summed E-state index contributed by atoms with van der Waals surface area (Å²) in [5.41, 5.74) is 0.825. The van der Waals surface area contributed by atoms with E-state index in [2.05, 4.69) is 0 Å². The molecule has 0 saturated heterocycles. The summed E-state index contributed by atoms with van der Waals surface area (Å²) >= 11 is 0. The molecule has 23 heavy (non-hydrogen) atoms. The molecular formula is C17H14O6. The van der Waals surface area contributed by atoms with Crippen molar-refractivity contribution in [3.05, 3.63) is 46.8 Å². The second kappa shape index (κ2) is 5.57. The number of benzene rings is 2. The Hall–Kier alpha value is -3.15. The monoisotopic (exact) mass is 314 g/mol. The zero-order chi connectivity index (χ0) is 16.6. The van der Waals surface area contributed by atoms with Gasteiger partial charge in [-0.15, -0.1) is 0 Å². The molecule has 0 saturated carbocycles. The van der Waals surface area contributed by atoms with Gasteiger partial charge in [0.25, 0.3) is 0 Å². The van der Waals surface area contributed by atoms with Crippen LogP contribution in [0.2, 0.25) is 0 Å². The first-order valence-electron chi connectivity index (χ1n) is 6.75. The maximum Gasteiger partial charge on any atom is 0.200 e. The third-order valence-corrected chi connectivity index (χ3v) is 3.56. The molecule has 0 amide bonds. The van der Waals surface area contributed by atoms with Crippen molar-refractivity contribution in [3.8, 4) is 34.1 Å². The predicted molar refractivity (Wildman–Crippen MR) is 84.4 cm³/mol. The molecule has 0 aliphatic carbocycles. The Morgan fingerprint density at radius 3 is 2.35 bits per heavy atom. The fraction of sp³-hybridized carbons (Fsp3) is 0.118. The van der Waals surface area contributed by atoms with Crippen molar-refractivity contribution >= 4 is 11.0 Å². The average molecular weight is 314 g/mol. The quantitative estimate of drug-likeness (QED) is 0.772. The standard InChI is InChI=1S/C17H14O6/c1-21-15-5-9(3-4-12(15)18)11-8-23-14-7-13(19)16(22-2)6-10(14)17(11)20/h3-8,18-19H,1-2H3. The number of rotatable bonds is 3. The third-order valence-electron chi connectivity index (χ3n) is 3.56. The molecule has 6 nitrogen and oxygen atoms in total. The lowest BCUT2D eigenvalue weighted by Crippen LogP contribution is -2.05. The van der Waals surface area contributed by atoms with Crippen LogP contribution in [-0.4, -0.2) is 24.4 Å². The molecule has 2 aromatic carbocycles. The summed E-state index contributed by atoms with van der Waals surface area (Å²) in [4.78, 5) is 12.7. The molecule has 0 unspecified atom stereocenters. The molecule has 0 bridgehead atoms. The van der Waals surface area contributed by atoms with Crippen molar-refractivity contribution in [3.63, 3.8) is 0 Å². The summed E-state index contributed by atoms with van der Waals surface area (Å²) in [7, 11) is 2.83. The van der Waals surface area contributed by atoms with Gasteiger partial charge in [-0.05, 0) is 23.8 Å². The van der Waals surface area contributed by atoms with Crippen molar-refractivity contribution in [2.75, 3.05) is 14.2 Å². The van der Waals surface area contributed by atoms with Crippen molar-refractivity contribution in [1.82, 2.24) is 0 Å². The smallest absolute Gasteiger partial charge is 0.200 e. The number of fused-ring (bicyclic) bond motifs is 1. The van der Waals surface area contributed by atoms with E-state index in [1.54, 1.807) is 12.1 Å². The van der Waals surface area contributed by atoms with E-state index in [9.17, 15) is 15.0 Å². The number of aromatic hydroxyl groups is 2. The molecule has 0 fully saturated rings. The van der Waals surface area contributed by atoms with E-state index < -0.39 is 0 Å². The highest BCUT2D eigenvalue weighted by molar-refractivity contribution is 5.84. The number of hydrogen-bond acceptors (Lipinski definition) is 6. The lowest BCUT2D eigenvalue weighted by atomic mass is 10.0. The molecule has 6 heteroatoms. The van der Waals surface area contributed by atoms with E-state index in [4.69, 9.17) is 13.9 Å². The summed E-state index contributed by atoms with van der Waals surface area (Å²) in [6, 6.07) is 7.34. The topological polar surface area (TPSA) is 89.1 Å². The van der Waals surface area contributed by atoms with Crippen LogP contribution >= 0.6 is 0 Å². The molecule has 3 aromatic rings. The van der Waals surface area contributed by atoms with Gasteiger partial charge >= 0.3 is 0 Å². The molecule has 0 aliphatic heterocycles. The fourth-order valence-corrected chi connectivity index (χ4v) is 2.35. The lowest BCUT2D eigenvalue weighted by molar-refractivity contribution is 0.373. The van der Waals surface area contributed by atoms with E-state index in [-0.39, 0.29) is 39.4 Å². The van der Waals surface area contributed by atoms with E-state index >= 15 is 0 Å². The third kappa shape index (κ3) is 2.44. The van der Waals surface area contributed by atoms with Crippen LogP contribution in [0, 0.1) is 0 Å². The maximum absolute atomic E-state index is 12.7. The summed E-state index contributed by atoms with van der Waals surface area (Å²) in [5, 5.41) is 19.7. The molecule has 118 valence electrons. The second-order valence-corrected chi connectivity index (χ2v) is 4.89. The highest BCUT2D eigenvalue weighted by Gasteiger charge is 2.14. The van der Waals surface area contributed by atoms with Crippen molar-refractivity contribution in [2.45, 2.75) is 0 Å². The number of phenols is 2. The van der Waals surface area contributed by atoms with E-state index in [1.807, 2.05) is 0 Å². The Bertz CT molecular complexity index is 942. The molecule has 0 radical (unpaired) electrons. The Labute approximate surface area is 131 Å². The highest BCUT2D eigenvalue weighted by Crippen LogP contribution is 2.33. The largest absolute Gasteiger partial charge is 0.504 e. The second-order valence-electron chi connectivity index (χ2n) is 4.89. The normalized spacial score (nSPS) is 10.7. The van der Waals surface area contributed by atoms with Crippen LogP contribution in [0.15, 0.2) is 45.8 Å². The van der Waals surface area contributed by atoms with Gasteiger partial charge in [0.1, 0.15) is 11.8 Å². The number of methoxy groups -OCH3 is 2. The highest BCUT2D eigenvalue weighted by atomic mass is 16.5. The molecule has 0 atom stereocenters. The Morgan fingerprint density at radius 2 is 1.65 bits per heavy atom. The van der Waals surface area contributed by atoms with Gasteiger partial charge in [-0.2, -0.15) is 0 Å². The van der Waals surface area contributed by atoms with Crippen LogP contribution < -0.4 is 14.9 Å². The Morgan fingerprint density at radius 1 is 0.957 bits per heavy atom. The van der Waals surface area contributed by atoms with E-state index in [0.717, 1.165) is 0 Å². The van der Waals surface area contributed by atoms with Crippen LogP contribution in [0.5, 0.6) is 23.0 Å². The molecule has 1 heterocycles. The van der Waals surface area contributed by atoms with Gasteiger partial charge in [0, 0.05) is 6.07 Å².